The van der Waals surface area contributed by atoms with E-state index in [9.17, 15) is 4.79 Å². The maximum Gasteiger partial charge on any atom is 0.244 e. The van der Waals surface area contributed by atoms with Gasteiger partial charge in [0.05, 0.1) is 0 Å². The highest BCUT2D eigenvalue weighted by Gasteiger charge is 2.22. The second-order valence-corrected chi connectivity index (χ2v) is 6.11. The minimum absolute atomic E-state index is 0.0872. The molecule has 3 aromatic heterocycles. The van der Waals surface area contributed by atoms with Crippen LogP contribution < -0.4 is 4.90 Å². The number of anilines is 1. The van der Waals surface area contributed by atoms with Crippen molar-refractivity contribution < 1.29 is 9.32 Å². The van der Waals surface area contributed by atoms with Gasteiger partial charge in [0.25, 0.3) is 0 Å². The van der Waals surface area contributed by atoms with Crippen molar-refractivity contribution in [3.63, 3.8) is 0 Å². The number of carbonyl (C=O) groups excluding carboxylic acids is 1. The number of amides is 1. The Kier molecular flexibility index (Phi) is 4.34. The Labute approximate surface area is 150 Å². The van der Waals surface area contributed by atoms with Gasteiger partial charge in [0.15, 0.2) is 0 Å². The van der Waals surface area contributed by atoms with E-state index in [1.54, 1.807) is 30.2 Å². The summed E-state index contributed by atoms with van der Waals surface area (Å²) >= 11 is 0. The smallest absolute Gasteiger partial charge is 0.244 e. The summed E-state index contributed by atoms with van der Waals surface area (Å²) in [6.45, 7) is 4.88. The number of pyridine rings is 1. The first-order valence-corrected chi connectivity index (χ1v) is 8.46. The molecule has 0 radical (unpaired) electrons. The lowest BCUT2D eigenvalue weighted by molar-refractivity contribution is -0.132. The van der Waals surface area contributed by atoms with E-state index in [0.717, 1.165) is 24.5 Å². The minimum atomic E-state index is 0.0872. The van der Waals surface area contributed by atoms with E-state index in [4.69, 9.17) is 4.52 Å². The maximum absolute atomic E-state index is 12.3. The Morgan fingerprint density at radius 3 is 2.69 bits per heavy atom. The third-order valence-corrected chi connectivity index (χ3v) is 4.35. The first-order chi connectivity index (χ1) is 12.7. The van der Waals surface area contributed by atoms with Crippen LogP contribution in [0.4, 0.5) is 5.82 Å². The molecule has 4 heterocycles. The van der Waals surface area contributed by atoms with Crippen LogP contribution in [0.3, 0.4) is 0 Å². The lowest BCUT2D eigenvalue weighted by Crippen LogP contribution is -2.49. The molecule has 9 heteroatoms. The summed E-state index contributed by atoms with van der Waals surface area (Å²) in [5, 5.41) is 7.98. The van der Waals surface area contributed by atoms with Crippen LogP contribution in [0.1, 0.15) is 5.89 Å². The standard InChI is InChI=1S/C17H19N7O2/c1-13-20-17(21-26-13)14-3-4-15(18-11-14)22-7-9-23(10-8-22)16(25)12-24-6-2-5-19-24/h2-6,11H,7-10,12H2,1H3. The van der Waals surface area contributed by atoms with Crippen LogP contribution in [0, 0.1) is 6.92 Å². The Bertz CT molecular complexity index is 865. The zero-order valence-electron chi connectivity index (χ0n) is 14.4. The van der Waals surface area contributed by atoms with E-state index in [1.165, 1.54) is 0 Å². The molecule has 26 heavy (non-hydrogen) atoms. The normalized spacial score (nSPS) is 14.7. The van der Waals surface area contributed by atoms with Gasteiger partial charge in [-0.25, -0.2) is 4.98 Å². The van der Waals surface area contributed by atoms with Gasteiger partial charge >= 0.3 is 0 Å². The lowest BCUT2D eigenvalue weighted by atomic mass is 10.2. The molecule has 0 atom stereocenters. The quantitative estimate of drug-likeness (QED) is 0.690. The van der Waals surface area contributed by atoms with Crippen molar-refractivity contribution in [3.8, 4) is 11.4 Å². The van der Waals surface area contributed by atoms with Crippen molar-refractivity contribution in [2.45, 2.75) is 13.5 Å². The van der Waals surface area contributed by atoms with Crippen LogP contribution in [0.15, 0.2) is 41.3 Å². The van der Waals surface area contributed by atoms with Crippen LogP contribution in [0.2, 0.25) is 0 Å². The number of piperazine rings is 1. The van der Waals surface area contributed by atoms with Gasteiger partial charge in [-0.05, 0) is 18.2 Å². The topological polar surface area (TPSA) is 93.2 Å². The minimum Gasteiger partial charge on any atom is -0.353 e. The molecule has 0 unspecified atom stereocenters. The third kappa shape index (κ3) is 3.41. The zero-order valence-corrected chi connectivity index (χ0v) is 14.4. The average Bonchev–Trinajstić information content (AvgIpc) is 3.34. The van der Waals surface area contributed by atoms with Gasteiger partial charge in [-0.15, -0.1) is 0 Å². The first-order valence-electron chi connectivity index (χ1n) is 8.46. The molecule has 1 amide bonds. The van der Waals surface area contributed by atoms with E-state index >= 15 is 0 Å². The van der Waals surface area contributed by atoms with Gasteiger partial charge in [-0.3, -0.25) is 9.48 Å². The number of nitrogens with zero attached hydrogens (tertiary/aromatic N) is 7. The van der Waals surface area contributed by atoms with Crippen molar-refractivity contribution in [1.82, 2.24) is 29.8 Å². The summed E-state index contributed by atoms with van der Waals surface area (Å²) in [5.41, 5.74) is 0.818. The molecule has 0 saturated carbocycles. The molecule has 4 rings (SSSR count). The molecule has 0 spiro atoms. The maximum atomic E-state index is 12.3. The van der Waals surface area contributed by atoms with Crippen LogP contribution in [0.25, 0.3) is 11.4 Å². The number of hydrogen-bond acceptors (Lipinski definition) is 7. The summed E-state index contributed by atoms with van der Waals surface area (Å²) in [4.78, 5) is 25.1. The Morgan fingerprint density at radius 2 is 2.08 bits per heavy atom. The van der Waals surface area contributed by atoms with Gasteiger partial charge in [-0.2, -0.15) is 10.1 Å². The van der Waals surface area contributed by atoms with Crippen LogP contribution in [0.5, 0.6) is 0 Å². The summed E-state index contributed by atoms with van der Waals surface area (Å²) in [7, 11) is 0. The fraction of sp³-hybridized carbons (Fsp3) is 0.353. The Hall–Kier alpha value is -3.23. The SMILES string of the molecule is Cc1nc(-c2ccc(N3CCN(C(=O)Cn4cccn4)CC3)nc2)no1. The second-order valence-electron chi connectivity index (χ2n) is 6.11. The molecule has 1 aliphatic rings. The van der Waals surface area contributed by atoms with Gasteiger partial charge in [0.1, 0.15) is 12.4 Å². The highest BCUT2D eigenvalue weighted by atomic mass is 16.5. The molecule has 134 valence electrons. The van der Waals surface area contributed by atoms with Gasteiger partial charge in [0, 0.05) is 57.3 Å². The number of aromatic nitrogens is 5. The van der Waals surface area contributed by atoms with Gasteiger partial charge < -0.3 is 14.3 Å². The second kappa shape index (κ2) is 6.95. The van der Waals surface area contributed by atoms with E-state index in [1.807, 2.05) is 23.1 Å². The number of carbonyl (C=O) groups is 1. The summed E-state index contributed by atoms with van der Waals surface area (Å²) in [6, 6.07) is 5.69. The van der Waals surface area contributed by atoms with Crippen molar-refractivity contribution in [2.75, 3.05) is 31.1 Å². The number of hydrogen-bond donors (Lipinski definition) is 0. The molecule has 1 saturated heterocycles. The molecule has 0 aromatic carbocycles. The number of aryl methyl sites for hydroxylation is 1. The number of rotatable bonds is 4. The Morgan fingerprint density at radius 1 is 1.23 bits per heavy atom. The predicted molar refractivity (Wildman–Crippen MR) is 93.3 cm³/mol. The first kappa shape index (κ1) is 16.2. The summed E-state index contributed by atoms with van der Waals surface area (Å²) < 4.78 is 6.64. The van der Waals surface area contributed by atoms with E-state index in [-0.39, 0.29) is 12.5 Å². The fourth-order valence-electron chi connectivity index (χ4n) is 2.94. The molecule has 0 N–H and O–H groups in total. The Balaban J connectivity index is 1.35. The molecular weight excluding hydrogens is 334 g/mol. The van der Waals surface area contributed by atoms with Crippen LogP contribution in [-0.2, 0) is 11.3 Å². The summed E-state index contributed by atoms with van der Waals surface area (Å²) in [6.07, 6.45) is 5.22. The largest absolute Gasteiger partial charge is 0.353 e. The lowest BCUT2D eigenvalue weighted by Gasteiger charge is -2.35. The molecule has 0 aliphatic carbocycles. The van der Waals surface area contributed by atoms with Crippen molar-refractivity contribution in [3.05, 3.63) is 42.7 Å². The molecule has 1 aliphatic heterocycles. The van der Waals surface area contributed by atoms with E-state index in [0.29, 0.717) is 24.8 Å². The zero-order chi connectivity index (χ0) is 17.9. The van der Waals surface area contributed by atoms with E-state index < -0.39 is 0 Å². The third-order valence-electron chi connectivity index (χ3n) is 4.35. The van der Waals surface area contributed by atoms with Crippen molar-refractivity contribution >= 4 is 11.7 Å². The molecule has 3 aromatic rings. The van der Waals surface area contributed by atoms with Crippen LogP contribution in [-0.4, -0.2) is 61.9 Å². The predicted octanol–water partition coefficient (Wildman–Crippen LogP) is 0.985. The van der Waals surface area contributed by atoms with Crippen LogP contribution >= 0.6 is 0 Å². The average molecular weight is 353 g/mol. The molecular formula is C17H19N7O2. The van der Waals surface area contributed by atoms with Crippen molar-refractivity contribution in [1.29, 1.82) is 0 Å². The molecule has 0 bridgehead atoms. The van der Waals surface area contributed by atoms with E-state index in [2.05, 4.69) is 25.1 Å². The highest BCUT2D eigenvalue weighted by Crippen LogP contribution is 2.19. The van der Waals surface area contributed by atoms with Gasteiger partial charge in [-0.1, -0.05) is 5.16 Å². The molecule has 9 nitrogen and oxygen atoms in total. The fourth-order valence-corrected chi connectivity index (χ4v) is 2.94. The highest BCUT2D eigenvalue weighted by molar-refractivity contribution is 5.76. The summed E-state index contributed by atoms with van der Waals surface area (Å²) in [5.74, 6) is 2.04. The molecule has 1 fully saturated rings. The van der Waals surface area contributed by atoms with Crippen molar-refractivity contribution in [2.24, 2.45) is 0 Å². The monoisotopic (exact) mass is 353 g/mol. The van der Waals surface area contributed by atoms with Gasteiger partial charge in [0.2, 0.25) is 17.6 Å².